The van der Waals surface area contributed by atoms with Crippen molar-refractivity contribution in [2.24, 2.45) is 0 Å². The lowest BCUT2D eigenvalue weighted by molar-refractivity contribution is -0.136. The average Bonchev–Trinajstić information content (AvgIpc) is 2.09. The van der Waals surface area contributed by atoms with Crippen molar-refractivity contribution in [2.45, 2.75) is 18.6 Å². The molecule has 1 atom stereocenters. The van der Waals surface area contributed by atoms with Gasteiger partial charge in [-0.1, -0.05) is 0 Å². The van der Waals surface area contributed by atoms with Crippen molar-refractivity contribution in [1.29, 1.82) is 0 Å². The van der Waals surface area contributed by atoms with Crippen molar-refractivity contribution in [3.8, 4) is 0 Å². The Morgan fingerprint density at radius 2 is 1.81 bits per heavy atom. The third-order valence-electron chi connectivity index (χ3n) is 1.81. The predicted molar refractivity (Wildman–Crippen MR) is 58.3 cm³/mol. The number of hydrogen-bond acceptors (Lipinski definition) is 5. The molecule has 96 valence electrons. The topological polar surface area (TPSA) is 118 Å². The molecule has 0 aliphatic rings. The molecule has 0 bridgehead atoms. The maximum absolute atomic E-state index is 11.3. The summed E-state index contributed by atoms with van der Waals surface area (Å²) in [6, 6.07) is 0. The first-order chi connectivity index (χ1) is 7.06. The Kier molecular flexibility index (Phi) is 5.36. The third-order valence-corrected chi connectivity index (χ3v) is 4.58. The third kappa shape index (κ3) is 6.03. The van der Waals surface area contributed by atoms with Crippen LogP contribution in [-0.2, 0) is 24.7 Å². The summed E-state index contributed by atoms with van der Waals surface area (Å²) in [5.41, 5.74) is 0. The number of hydrogen-bond donors (Lipinski definition) is 2. The molecule has 0 fully saturated rings. The SMILES string of the molecule is CC(C(=O)O)S(=O)(=O)NCCCS(C)(=O)=O. The summed E-state index contributed by atoms with van der Waals surface area (Å²) < 4.78 is 46.0. The molecular weight excluding hydrogens is 258 g/mol. The molecule has 0 heterocycles. The summed E-state index contributed by atoms with van der Waals surface area (Å²) in [6.07, 6.45) is 1.16. The first-order valence-corrected chi connectivity index (χ1v) is 8.06. The molecule has 0 rings (SSSR count). The Bertz CT molecular complexity index is 437. The summed E-state index contributed by atoms with van der Waals surface area (Å²) >= 11 is 0. The molecule has 0 aromatic rings. The van der Waals surface area contributed by atoms with Gasteiger partial charge >= 0.3 is 5.97 Å². The van der Waals surface area contributed by atoms with Gasteiger partial charge < -0.3 is 5.11 Å². The van der Waals surface area contributed by atoms with E-state index in [1.54, 1.807) is 0 Å². The van der Waals surface area contributed by atoms with Gasteiger partial charge in [0.05, 0.1) is 5.75 Å². The monoisotopic (exact) mass is 273 g/mol. The number of sulfonamides is 1. The van der Waals surface area contributed by atoms with Crippen LogP contribution >= 0.6 is 0 Å². The molecule has 0 aromatic heterocycles. The van der Waals surface area contributed by atoms with E-state index in [1.165, 1.54) is 0 Å². The molecule has 1 unspecified atom stereocenters. The highest BCUT2D eigenvalue weighted by molar-refractivity contribution is 7.91. The number of nitrogens with one attached hydrogen (secondary N) is 1. The Balaban J connectivity index is 4.17. The van der Waals surface area contributed by atoms with Crippen LogP contribution < -0.4 is 4.72 Å². The van der Waals surface area contributed by atoms with Gasteiger partial charge in [-0.05, 0) is 13.3 Å². The number of carbonyl (C=O) groups is 1. The van der Waals surface area contributed by atoms with Gasteiger partial charge in [-0.25, -0.2) is 21.6 Å². The van der Waals surface area contributed by atoms with Crippen LogP contribution in [0.5, 0.6) is 0 Å². The highest BCUT2D eigenvalue weighted by atomic mass is 32.2. The van der Waals surface area contributed by atoms with Gasteiger partial charge in [-0.15, -0.1) is 0 Å². The van der Waals surface area contributed by atoms with Crippen LogP contribution in [0.4, 0.5) is 0 Å². The van der Waals surface area contributed by atoms with E-state index in [2.05, 4.69) is 0 Å². The second-order valence-corrected chi connectivity index (χ2v) is 7.75. The molecule has 0 aliphatic carbocycles. The molecule has 0 aromatic carbocycles. The smallest absolute Gasteiger partial charge is 0.323 e. The highest BCUT2D eigenvalue weighted by Crippen LogP contribution is 1.98. The Labute approximate surface area is 94.8 Å². The van der Waals surface area contributed by atoms with E-state index in [9.17, 15) is 21.6 Å². The lowest BCUT2D eigenvalue weighted by atomic mass is 10.5. The van der Waals surface area contributed by atoms with Crippen molar-refractivity contribution < 1.29 is 26.7 Å². The van der Waals surface area contributed by atoms with Gasteiger partial charge in [-0.2, -0.15) is 0 Å². The van der Waals surface area contributed by atoms with Gasteiger partial charge in [0, 0.05) is 12.8 Å². The molecule has 7 nitrogen and oxygen atoms in total. The zero-order valence-corrected chi connectivity index (χ0v) is 10.6. The number of aliphatic carboxylic acids is 1. The summed E-state index contributed by atoms with van der Waals surface area (Å²) in [7, 11) is -7.05. The summed E-state index contributed by atoms with van der Waals surface area (Å²) in [6.45, 7) is 0.953. The fourth-order valence-electron chi connectivity index (χ4n) is 0.807. The van der Waals surface area contributed by atoms with Gasteiger partial charge in [0.2, 0.25) is 10.0 Å². The largest absolute Gasteiger partial charge is 0.480 e. The Morgan fingerprint density at radius 1 is 1.31 bits per heavy atom. The van der Waals surface area contributed by atoms with E-state index in [-0.39, 0.29) is 18.7 Å². The normalized spacial score (nSPS) is 14.6. The maximum Gasteiger partial charge on any atom is 0.323 e. The average molecular weight is 273 g/mol. The van der Waals surface area contributed by atoms with Crippen LogP contribution in [0.25, 0.3) is 0 Å². The van der Waals surface area contributed by atoms with Crippen LogP contribution in [0.1, 0.15) is 13.3 Å². The molecule has 9 heteroatoms. The van der Waals surface area contributed by atoms with Crippen molar-refractivity contribution >= 4 is 25.8 Å². The van der Waals surface area contributed by atoms with E-state index in [0.29, 0.717) is 0 Å². The molecule has 0 saturated heterocycles. The van der Waals surface area contributed by atoms with Crippen molar-refractivity contribution in [2.75, 3.05) is 18.6 Å². The van der Waals surface area contributed by atoms with Crippen molar-refractivity contribution in [3.05, 3.63) is 0 Å². The molecule has 0 saturated carbocycles. The number of carboxylic acids is 1. The van der Waals surface area contributed by atoms with E-state index in [1.807, 2.05) is 4.72 Å². The van der Waals surface area contributed by atoms with Gasteiger partial charge in [0.15, 0.2) is 5.25 Å². The Morgan fingerprint density at radius 3 is 2.19 bits per heavy atom. The van der Waals surface area contributed by atoms with Crippen LogP contribution in [0, 0.1) is 0 Å². The number of rotatable bonds is 7. The molecular formula is C7H15NO6S2. The standard InChI is InChI=1S/C7H15NO6S2/c1-6(7(9)10)16(13,14)8-4-3-5-15(2,11)12/h6,8H,3-5H2,1-2H3,(H,9,10). The van der Waals surface area contributed by atoms with E-state index in [4.69, 9.17) is 5.11 Å². The lowest BCUT2D eigenvalue weighted by Gasteiger charge is -2.09. The molecule has 0 spiro atoms. The molecule has 0 aliphatic heterocycles. The first-order valence-electron chi connectivity index (χ1n) is 4.45. The molecule has 0 radical (unpaired) electrons. The number of carboxylic acid groups (broad SMARTS) is 1. The second kappa shape index (κ2) is 5.60. The minimum atomic E-state index is -3.92. The predicted octanol–water partition coefficient (Wildman–Crippen LogP) is -1.19. The zero-order chi connectivity index (χ0) is 13.0. The van der Waals surface area contributed by atoms with Gasteiger partial charge in [0.1, 0.15) is 9.84 Å². The quantitative estimate of drug-likeness (QED) is 0.563. The van der Waals surface area contributed by atoms with Crippen LogP contribution in [0.15, 0.2) is 0 Å². The molecule has 2 N–H and O–H groups in total. The van der Waals surface area contributed by atoms with E-state index >= 15 is 0 Å². The second-order valence-electron chi connectivity index (χ2n) is 3.40. The molecule has 0 amide bonds. The fraction of sp³-hybridized carbons (Fsp3) is 0.857. The Hall–Kier alpha value is -0.670. The van der Waals surface area contributed by atoms with Crippen LogP contribution in [-0.4, -0.2) is 51.7 Å². The summed E-state index contributed by atoms with van der Waals surface area (Å²) in [5, 5.41) is 6.94. The number of sulfone groups is 1. The molecule has 16 heavy (non-hydrogen) atoms. The fourth-order valence-corrected chi connectivity index (χ4v) is 2.42. The zero-order valence-electron chi connectivity index (χ0n) is 9.00. The highest BCUT2D eigenvalue weighted by Gasteiger charge is 2.26. The van der Waals surface area contributed by atoms with E-state index in [0.717, 1.165) is 13.2 Å². The lowest BCUT2D eigenvalue weighted by Crippen LogP contribution is -2.38. The van der Waals surface area contributed by atoms with E-state index < -0.39 is 31.1 Å². The van der Waals surface area contributed by atoms with Gasteiger partial charge in [-0.3, -0.25) is 4.79 Å². The van der Waals surface area contributed by atoms with Crippen molar-refractivity contribution in [1.82, 2.24) is 4.72 Å². The van der Waals surface area contributed by atoms with Crippen LogP contribution in [0.3, 0.4) is 0 Å². The summed E-state index contributed by atoms with van der Waals surface area (Å²) in [5.74, 6) is -1.59. The maximum atomic E-state index is 11.3. The van der Waals surface area contributed by atoms with Gasteiger partial charge in [0.25, 0.3) is 0 Å². The first kappa shape index (κ1) is 15.3. The minimum Gasteiger partial charge on any atom is -0.480 e. The summed E-state index contributed by atoms with van der Waals surface area (Å²) in [4.78, 5) is 10.4. The minimum absolute atomic E-state index is 0.0903. The van der Waals surface area contributed by atoms with Crippen molar-refractivity contribution in [3.63, 3.8) is 0 Å². The van der Waals surface area contributed by atoms with Crippen LogP contribution in [0.2, 0.25) is 0 Å².